The molecule has 0 spiro atoms. The smallest absolute Gasteiger partial charge is 0.187 e. The van der Waals surface area contributed by atoms with Gasteiger partial charge in [0.2, 0.25) is 0 Å². The molecule has 9 nitrogen and oxygen atoms in total. The van der Waals surface area contributed by atoms with Gasteiger partial charge in [-0.1, -0.05) is 103 Å². The molecule has 1 rings (SSSR count). The number of hydrogen-bond acceptors (Lipinski definition) is 9. The number of nitrogens with two attached hydrogens (primary N) is 1. The fraction of sp³-hybridized carbons (Fsp3) is 1.00. The van der Waals surface area contributed by atoms with Crippen LogP contribution >= 0.6 is 0 Å². The Labute approximate surface area is 237 Å². The zero-order chi connectivity index (χ0) is 29.0. The molecule has 9 heteroatoms. The average Bonchev–Trinajstić information content (AvgIpc) is 2.92. The second-order valence-electron chi connectivity index (χ2n) is 11.8. The molecular weight excluding hydrogens is 502 g/mol. The van der Waals surface area contributed by atoms with Crippen LogP contribution in [0.1, 0.15) is 129 Å². The largest absolute Gasteiger partial charge is 0.394 e. The fourth-order valence-corrected chi connectivity index (χ4v) is 5.16. The summed E-state index contributed by atoms with van der Waals surface area (Å²) in [6.07, 6.45) is 12.8. The Kier molecular flexibility index (Phi) is 20.9. The van der Waals surface area contributed by atoms with Crippen LogP contribution in [0.25, 0.3) is 0 Å². The predicted molar refractivity (Wildman–Crippen MR) is 153 cm³/mol. The molecule has 4 unspecified atom stereocenters. The lowest BCUT2D eigenvalue weighted by Gasteiger charge is -2.41. The minimum atomic E-state index is -1.48. The number of ether oxygens (including phenoxy) is 2. The minimum absolute atomic E-state index is 0.120. The van der Waals surface area contributed by atoms with E-state index < -0.39 is 49.5 Å². The number of aliphatic hydroxyl groups is 6. The third-order valence-electron chi connectivity index (χ3n) is 8.10. The van der Waals surface area contributed by atoms with Gasteiger partial charge >= 0.3 is 0 Å². The maximum atomic E-state index is 10.4. The van der Waals surface area contributed by atoms with Crippen molar-refractivity contribution in [2.45, 2.75) is 184 Å². The van der Waals surface area contributed by atoms with E-state index in [4.69, 9.17) is 15.2 Å². The predicted octanol–water partition coefficient (Wildman–Crippen LogP) is 3.28. The maximum absolute atomic E-state index is 10.4. The third-order valence-corrected chi connectivity index (χ3v) is 8.10. The molecule has 1 fully saturated rings. The van der Waals surface area contributed by atoms with E-state index in [1.807, 2.05) is 6.92 Å². The van der Waals surface area contributed by atoms with Gasteiger partial charge in [0.15, 0.2) is 6.29 Å². The third kappa shape index (κ3) is 16.0. The van der Waals surface area contributed by atoms with Crippen LogP contribution in [0, 0.1) is 0 Å². The van der Waals surface area contributed by atoms with Crippen LogP contribution in [-0.2, 0) is 9.47 Å². The highest BCUT2D eigenvalue weighted by Gasteiger charge is 2.44. The molecule has 1 aliphatic heterocycles. The average molecular weight is 564 g/mol. The van der Waals surface area contributed by atoms with Crippen molar-refractivity contribution in [2.24, 2.45) is 5.73 Å². The van der Waals surface area contributed by atoms with Crippen LogP contribution in [0.2, 0.25) is 0 Å². The lowest BCUT2D eigenvalue weighted by atomic mass is 9.99. The first-order valence-electron chi connectivity index (χ1n) is 15.8. The summed E-state index contributed by atoms with van der Waals surface area (Å²) in [5.41, 5.74) is 5.68. The van der Waals surface area contributed by atoms with E-state index in [2.05, 4.69) is 0 Å². The van der Waals surface area contributed by atoms with Crippen molar-refractivity contribution in [2.75, 3.05) is 6.61 Å². The van der Waals surface area contributed by atoms with Crippen LogP contribution in [0.4, 0.5) is 0 Å². The lowest BCUT2D eigenvalue weighted by Crippen LogP contribution is -2.60. The summed E-state index contributed by atoms with van der Waals surface area (Å²) in [5, 5.41) is 59.2. The van der Waals surface area contributed by atoms with Gasteiger partial charge in [0.1, 0.15) is 24.4 Å². The summed E-state index contributed by atoms with van der Waals surface area (Å²) in [6.45, 7) is 3.04. The SMILES string of the molecule is CC(N)C(O)CCCCCCCCCCCCCCCCCCC(O)C(C)O[C@@H]1O[C@@H](CO)[C@H](O)[C@@H](O)[C@@H]1O. The Balaban J connectivity index is 1.90. The van der Waals surface area contributed by atoms with Gasteiger partial charge in [-0.2, -0.15) is 0 Å². The number of unbranched alkanes of at least 4 members (excludes halogenated alkanes) is 15. The van der Waals surface area contributed by atoms with Gasteiger partial charge in [0.05, 0.1) is 24.9 Å². The monoisotopic (exact) mass is 563 g/mol. The van der Waals surface area contributed by atoms with E-state index in [-0.39, 0.29) is 12.1 Å². The van der Waals surface area contributed by atoms with E-state index in [0.29, 0.717) is 6.42 Å². The van der Waals surface area contributed by atoms with Crippen LogP contribution in [0.3, 0.4) is 0 Å². The van der Waals surface area contributed by atoms with Gasteiger partial charge in [0.25, 0.3) is 0 Å². The standard InChI is InChI=1S/C30H61NO8/c1-22(31)24(33)19-17-15-13-11-9-7-5-3-4-6-8-10-12-14-16-18-20-25(34)23(2)38-30-29(37)28(36)27(35)26(21-32)39-30/h22-30,32-37H,3-21,31H2,1-2H3/t22?,23?,24?,25?,26-,27-,28+,29-,30+/m0/s1. The normalized spacial score (nSPS) is 26.8. The van der Waals surface area contributed by atoms with Crippen LogP contribution in [-0.4, -0.2) is 92.3 Å². The molecule has 1 saturated heterocycles. The Hall–Kier alpha value is -0.360. The van der Waals surface area contributed by atoms with Crippen molar-refractivity contribution >= 4 is 0 Å². The highest BCUT2D eigenvalue weighted by molar-refractivity contribution is 4.89. The second kappa shape index (κ2) is 22.3. The number of rotatable bonds is 24. The highest BCUT2D eigenvalue weighted by Crippen LogP contribution is 2.24. The van der Waals surface area contributed by atoms with Gasteiger partial charge in [-0.15, -0.1) is 0 Å². The first-order chi connectivity index (χ1) is 18.7. The van der Waals surface area contributed by atoms with Crippen LogP contribution < -0.4 is 5.73 Å². The van der Waals surface area contributed by atoms with Crippen molar-refractivity contribution in [3.8, 4) is 0 Å². The molecule has 0 aromatic carbocycles. The molecule has 1 aliphatic rings. The maximum Gasteiger partial charge on any atom is 0.187 e. The summed E-state index contributed by atoms with van der Waals surface area (Å²) < 4.78 is 10.9. The van der Waals surface area contributed by atoms with E-state index in [9.17, 15) is 30.6 Å². The van der Waals surface area contributed by atoms with Crippen LogP contribution in [0.15, 0.2) is 0 Å². The Morgan fingerprint density at radius 3 is 1.38 bits per heavy atom. The molecule has 39 heavy (non-hydrogen) atoms. The van der Waals surface area contributed by atoms with Gasteiger partial charge in [-0.05, 0) is 26.7 Å². The van der Waals surface area contributed by atoms with E-state index in [0.717, 1.165) is 32.1 Å². The highest BCUT2D eigenvalue weighted by atomic mass is 16.7. The van der Waals surface area contributed by atoms with E-state index in [1.54, 1.807) is 6.92 Å². The molecule has 0 saturated carbocycles. The van der Waals surface area contributed by atoms with Crippen molar-refractivity contribution in [1.29, 1.82) is 0 Å². The zero-order valence-corrected chi connectivity index (χ0v) is 24.7. The van der Waals surface area contributed by atoms with Crippen LogP contribution in [0.5, 0.6) is 0 Å². The summed E-state index contributed by atoms with van der Waals surface area (Å²) in [6, 6.07) is -0.120. The zero-order valence-electron chi connectivity index (χ0n) is 24.7. The first kappa shape index (κ1) is 36.7. The Morgan fingerprint density at radius 1 is 0.615 bits per heavy atom. The summed E-state index contributed by atoms with van der Waals surface area (Å²) in [7, 11) is 0. The minimum Gasteiger partial charge on any atom is -0.394 e. The molecule has 0 aliphatic carbocycles. The molecule has 0 amide bonds. The fourth-order valence-electron chi connectivity index (χ4n) is 5.16. The van der Waals surface area contributed by atoms with Crippen molar-refractivity contribution < 1.29 is 40.1 Å². The van der Waals surface area contributed by atoms with Gasteiger partial charge < -0.3 is 45.8 Å². The summed E-state index contributed by atoms with van der Waals surface area (Å²) in [4.78, 5) is 0. The Bertz CT molecular complexity index is 567. The molecule has 0 aromatic heterocycles. The molecule has 0 aromatic rings. The van der Waals surface area contributed by atoms with Crippen molar-refractivity contribution in [3.05, 3.63) is 0 Å². The van der Waals surface area contributed by atoms with Crippen molar-refractivity contribution in [1.82, 2.24) is 0 Å². The first-order valence-corrected chi connectivity index (χ1v) is 15.8. The molecule has 8 N–H and O–H groups in total. The topological polar surface area (TPSA) is 166 Å². The van der Waals surface area contributed by atoms with E-state index >= 15 is 0 Å². The molecular formula is C30H61NO8. The molecule has 0 bridgehead atoms. The second-order valence-corrected chi connectivity index (χ2v) is 11.8. The molecule has 0 radical (unpaired) electrons. The molecule has 9 atom stereocenters. The molecule has 1 heterocycles. The van der Waals surface area contributed by atoms with E-state index in [1.165, 1.54) is 77.0 Å². The number of hydrogen-bond donors (Lipinski definition) is 7. The quantitative estimate of drug-likeness (QED) is 0.0872. The Morgan fingerprint density at radius 2 is 1.00 bits per heavy atom. The number of aliphatic hydroxyl groups excluding tert-OH is 6. The molecule has 234 valence electrons. The van der Waals surface area contributed by atoms with Gasteiger partial charge in [0, 0.05) is 6.04 Å². The lowest BCUT2D eigenvalue weighted by molar-refractivity contribution is -0.315. The summed E-state index contributed by atoms with van der Waals surface area (Å²) >= 11 is 0. The summed E-state index contributed by atoms with van der Waals surface area (Å²) in [5.74, 6) is 0. The van der Waals surface area contributed by atoms with Gasteiger partial charge in [-0.3, -0.25) is 0 Å². The van der Waals surface area contributed by atoms with Gasteiger partial charge in [-0.25, -0.2) is 0 Å². The van der Waals surface area contributed by atoms with Crippen molar-refractivity contribution in [3.63, 3.8) is 0 Å².